The van der Waals surface area contributed by atoms with Crippen LogP contribution in [0.1, 0.15) is 41.0 Å². The van der Waals surface area contributed by atoms with Crippen molar-refractivity contribution in [3.05, 3.63) is 0 Å². The first kappa shape index (κ1) is 19.1. The Morgan fingerprint density at radius 3 is 2.71 bits per heavy atom. The Labute approximate surface area is 141 Å². The van der Waals surface area contributed by atoms with Crippen LogP contribution in [0.2, 0.25) is 0 Å². The third-order valence-corrected chi connectivity index (χ3v) is 4.15. The Bertz CT molecular complexity index is 481. The number of rotatable bonds is 4. The quantitative estimate of drug-likeness (QED) is 0.697. The van der Waals surface area contributed by atoms with Crippen molar-refractivity contribution in [2.75, 3.05) is 6.61 Å². The fourth-order valence-electron chi connectivity index (χ4n) is 3.10. The predicted molar refractivity (Wildman–Crippen MR) is 83.0 cm³/mol. The van der Waals surface area contributed by atoms with Crippen molar-refractivity contribution in [3.63, 3.8) is 0 Å². The molecule has 0 radical (unpaired) electrons. The van der Waals surface area contributed by atoms with Gasteiger partial charge in [0.15, 0.2) is 5.79 Å². The van der Waals surface area contributed by atoms with Crippen LogP contribution in [0.15, 0.2) is 0 Å². The van der Waals surface area contributed by atoms with Crippen LogP contribution in [-0.2, 0) is 28.5 Å². The summed E-state index contributed by atoms with van der Waals surface area (Å²) < 4.78 is 22.1. The zero-order chi connectivity index (χ0) is 18.1. The summed E-state index contributed by atoms with van der Waals surface area (Å²) in [5, 5.41) is 13.4. The summed E-state index contributed by atoms with van der Waals surface area (Å²) >= 11 is 0. The molecular weight excluding hydrogens is 318 g/mol. The van der Waals surface area contributed by atoms with E-state index in [-0.39, 0.29) is 18.4 Å². The number of hydrogen-bond donors (Lipinski definition) is 2. The van der Waals surface area contributed by atoms with Gasteiger partial charge in [-0.2, -0.15) is 0 Å². The van der Waals surface area contributed by atoms with Gasteiger partial charge in [0.2, 0.25) is 5.91 Å². The number of nitrogens with one attached hydrogen (secondary N) is 1. The highest BCUT2D eigenvalue weighted by molar-refractivity contribution is 5.77. The molecule has 0 spiro atoms. The minimum atomic E-state index is -0.921. The van der Waals surface area contributed by atoms with Gasteiger partial charge in [-0.05, 0) is 27.7 Å². The highest BCUT2D eigenvalue weighted by atomic mass is 16.7. The van der Waals surface area contributed by atoms with Crippen LogP contribution in [0, 0.1) is 0 Å². The van der Waals surface area contributed by atoms with Gasteiger partial charge in [0.05, 0.1) is 25.2 Å². The molecule has 5 unspecified atom stereocenters. The van der Waals surface area contributed by atoms with E-state index < -0.39 is 42.2 Å². The van der Waals surface area contributed by atoms with Crippen molar-refractivity contribution in [2.45, 2.75) is 83.4 Å². The van der Waals surface area contributed by atoms with Gasteiger partial charge >= 0.3 is 5.97 Å². The van der Waals surface area contributed by atoms with Gasteiger partial charge in [0.25, 0.3) is 0 Å². The monoisotopic (exact) mass is 345 g/mol. The zero-order valence-electron chi connectivity index (χ0n) is 14.8. The van der Waals surface area contributed by atoms with Gasteiger partial charge in [-0.15, -0.1) is 0 Å². The third kappa shape index (κ3) is 4.66. The maximum atomic E-state index is 12.1. The molecule has 0 aromatic carbocycles. The van der Waals surface area contributed by atoms with Crippen LogP contribution in [0.3, 0.4) is 0 Å². The van der Waals surface area contributed by atoms with Gasteiger partial charge in [0, 0.05) is 6.92 Å². The Hall–Kier alpha value is -1.22. The number of aliphatic hydroxyl groups excluding tert-OH is 1. The van der Waals surface area contributed by atoms with Crippen LogP contribution >= 0.6 is 0 Å². The molecule has 8 heteroatoms. The highest BCUT2D eigenvalue weighted by Crippen LogP contribution is 2.32. The molecule has 2 rings (SSSR count). The molecule has 24 heavy (non-hydrogen) atoms. The maximum Gasteiger partial charge on any atom is 0.302 e. The number of amides is 1. The van der Waals surface area contributed by atoms with E-state index in [1.807, 2.05) is 0 Å². The summed E-state index contributed by atoms with van der Waals surface area (Å²) in [5.41, 5.74) is 0. The summed E-state index contributed by atoms with van der Waals surface area (Å²) in [6.45, 7) is 8.56. The molecule has 0 bridgehead atoms. The van der Waals surface area contributed by atoms with Crippen molar-refractivity contribution in [2.24, 2.45) is 0 Å². The van der Waals surface area contributed by atoms with Gasteiger partial charge in [0.1, 0.15) is 24.4 Å². The second-order valence-corrected chi connectivity index (χ2v) is 6.88. The number of fused-ring (bicyclic) bond motifs is 1. The van der Waals surface area contributed by atoms with E-state index >= 15 is 0 Å². The SMILES string of the molecule is CC(=O)O[C@H](C)CC(=O)NC1C(C)OC2COC(C)(C)OC2C1O. The first-order valence-electron chi connectivity index (χ1n) is 8.21. The summed E-state index contributed by atoms with van der Waals surface area (Å²) in [5.74, 6) is -1.58. The van der Waals surface area contributed by atoms with Crippen LogP contribution in [0.5, 0.6) is 0 Å². The smallest absolute Gasteiger partial charge is 0.302 e. The summed E-state index contributed by atoms with van der Waals surface area (Å²) in [6.07, 6.45) is -2.81. The Kier molecular flexibility index (Phi) is 5.85. The average molecular weight is 345 g/mol. The van der Waals surface area contributed by atoms with Crippen molar-refractivity contribution in [3.8, 4) is 0 Å². The van der Waals surface area contributed by atoms with Crippen LogP contribution in [0.25, 0.3) is 0 Å². The van der Waals surface area contributed by atoms with Crippen molar-refractivity contribution < 1.29 is 33.6 Å². The molecule has 0 aromatic heterocycles. The maximum absolute atomic E-state index is 12.1. The minimum absolute atomic E-state index is 0.0130. The Morgan fingerprint density at radius 2 is 2.08 bits per heavy atom. The van der Waals surface area contributed by atoms with Gasteiger partial charge in [-0.3, -0.25) is 9.59 Å². The number of carbonyl (C=O) groups excluding carboxylic acids is 2. The van der Waals surface area contributed by atoms with E-state index in [1.54, 1.807) is 27.7 Å². The molecule has 2 heterocycles. The molecule has 2 aliphatic rings. The largest absolute Gasteiger partial charge is 0.462 e. The lowest BCUT2D eigenvalue weighted by Crippen LogP contribution is -2.67. The first-order valence-corrected chi connectivity index (χ1v) is 8.21. The fraction of sp³-hybridized carbons (Fsp3) is 0.875. The lowest BCUT2D eigenvalue weighted by atomic mass is 9.92. The van der Waals surface area contributed by atoms with Crippen LogP contribution in [-0.4, -0.2) is 65.9 Å². The third-order valence-electron chi connectivity index (χ3n) is 4.15. The average Bonchev–Trinajstić information content (AvgIpc) is 2.43. The summed E-state index contributed by atoms with van der Waals surface area (Å²) in [6, 6.07) is -0.614. The van der Waals surface area contributed by atoms with E-state index in [0.29, 0.717) is 6.61 Å². The van der Waals surface area contributed by atoms with Crippen LogP contribution < -0.4 is 5.32 Å². The molecule has 2 N–H and O–H groups in total. The number of hydrogen-bond acceptors (Lipinski definition) is 7. The molecule has 1 amide bonds. The van der Waals surface area contributed by atoms with Gasteiger partial charge < -0.3 is 29.4 Å². The molecule has 0 saturated carbocycles. The van der Waals surface area contributed by atoms with E-state index in [9.17, 15) is 14.7 Å². The zero-order valence-corrected chi connectivity index (χ0v) is 14.8. The normalized spacial score (nSPS) is 36.3. The molecule has 0 aromatic rings. The van der Waals surface area contributed by atoms with E-state index in [1.165, 1.54) is 6.92 Å². The van der Waals surface area contributed by atoms with E-state index in [2.05, 4.69) is 5.32 Å². The minimum Gasteiger partial charge on any atom is -0.462 e. The van der Waals surface area contributed by atoms with E-state index in [0.717, 1.165) is 0 Å². The predicted octanol–water partition coefficient (Wildman–Crippen LogP) is 0.113. The van der Waals surface area contributed by atoms with E-state index in [4.69, 9.17) is 18.9 Å². The van der Waals surface area contributed by atoms with Crippen molar-refractivity contribution in [1.82, 2.24) is 5.32 Å². The molecule has 2 saturated heterocycles. The first-order chi connectivity index (χ1) is 11.1. The number of ether oxygens (including phenoxy) is 4. The second kappa shape index (κ2) is 7.35. The van der Waals surface area contributed by atoms with Gasteiger partial charge in [-0.25, -0.2) is 0 Å². The Morgan fingerprint density at radius 1 is 1.42 bits per heavy atom. The lowest BCUT2D eigenvalue weighted by molar-refractivity contribution is -0.346. The number of aliphatic hydroxyl groups is 1. The van der Waals surface area contributed by atoms with Crippen LogP contribution in [0.4, 0.5) is 0 Å². The van der Waals surface area contributed by atoms with Crippen molar-refractivity contribution >= 4 is 11.9 Å². The van der Waals surface area contributed by atoms with Crippen molar-refractivity contribution in [1.29, 1.82) is 0 Å². The topological polar surface area (TPSA) is 103 Å². The summed E-state index contributed by atoms with van der Waals surface area (Å²) in [7, 11) is 0. The molecular formula is C16H27NO7. The molecule has 138 valence electrons. The molecule has 2 fully saturated rings. The molecule has 2 aliphatic heterocycles. The van der Waals surface area contributed by atoms with Gasteiger partial charge in [-0.1, -0.05) is 0 Å². The fourth-order valence-corrected chi connectivity index (χ4v) is 3.10. The number of carbonyl (C=O) groups is 2. The molecule has 0 aliphatic carbocycles. The Balaban J connectivity index is 1.96. The standard InChI is InChI=1S/C16H27NO7/c1-8(22-10(3)18)6-12(19)17-13-9(2)23-11-7-21-16(4,5)24-15(11)14(13)20/h8-9,11,13-15,20H,6-7H2,1-5H3,(H,17,19)/t8-,9?,11?,13?,14?,15?/m1/s1. The highest BCUT2D eigenvalue weighted by Gasteiger charge is 2.49. The molecule has 8 nitrogen and oxygen atoms in total. The lowest BCUT2D eigenvalue weighted by Gasteiger charge is -2.49. The number of esters is 1. The summed E-state index contributed by atoms with van der Waals surface area (Å²) in [4.78, 5) is 23.1. The second-order valence-electron chi connectivity index (χ2n) is 6.88. The molecule has 6 atom stereocenters.